The molecule has 1 heterocycles. The van der Waals surface area contributed by atoms with Crippen molar-refractivity contribution in [3.05, 3.63) is 38.5 Å². The number of para-hydroxylation sites is 1. The highest BCUT2D eigenvalue weighted by Gasteiger charge is 2.22. The van der Waals surface area contributed by atoms with E-state index in [4.69, 9.17) is 23.2 Å². The molecule has 1 aromatic carbocycles. The highest BCUT2D eigenvalue weighted by atomic mass is 35.5. The molecule has 2 aromatic rings. The highest BCUT2D eigenvalue weighted by Crippen LogP contribution is 2.36. The molecule has 0 spiro atoms. The summed E-state index contributed by atoms with van der Waals surface area (Å²) >= 11 is 12.5. The van der Waals surface area contributed by atoms with Gasteiger partial charge in [-0.15, -0.1) is 11.3 Å². The van der Waals surface area contributed by atoms with Crippen molar-refractivity contribution in [3.8, 4) is 5.75 Å². The number of nitrogens with one attached hydrogen (secondary N) is 1. The van der Waals surface area contributed by atoms with Gasteiger partial charge >= 0.3 is 0 Å². The number of phenolic OH excluding ortho intramolecular Hbond substituents is 1. The summed E-state index contributed by atoms with van der Waals surface area (Å²) in [4.78, 5) is -0.106. The summed E-state index contributed by atoms with van der Waals surface area (Å²) in [7, 11) is -3.88. The van der Waals surface area contributed by atoms with Gasteiger partial charge in [-0.3, -0.25) is 4.72 Å². The molecule has 8 heteroatoms. The summed E-state index contributed by atoms with van der Waals surface area (Å²) in [5, 5.41) is 9.80. The first-order valence-corrected chi connectivity index (χ1v) is 8.13. The number of rotatable bonds is 3. The first-order chi connectivity index (χ1) is 8.81. The molecule has 0 aliphatic carbocycles. The molecule has 0 fully saturated rings. The molecule has 0 saturated heterocycles. The number of anilines is 1. The summed E-state index contributed by atoms with van der Waals surface area (Å²) < 4.78 is 26.9. The zero-order valence-electron chi connectivity index (χ0n) is 9.65. The Morgan fingerprint density at radius 1 is 1.32 bits per heavy atom. The van der Waals surface area contributed by atoms with Crippen LogP contribution in [0.5, 0.6) is 5.75 Å². The number of thiophene rings is 1. The van der Waals surface area contributed by atoms with Crippen molar-refractivity contribution < 1.29 is 13.5 Å². The minimum Gasteiger partial charge on any atom is -0.505 e. The molecule has 0 bridgehead atoms. The van der Waals surface area contributed by atoms with Gasteiger partial charge in [-0.1, -0.05) is 35.3 Å². The molecule has 0 amide bonds. The van der Waals surface area contributed by atoms with Gasteiger partial charge in [0, 0.05) is 0 Å². The summed E-state index contributed by atoms with van der Waals surface area (Å²) in [6.07, 6.45) is 0. The predicted molar refractivity (Wildman–Crippen MR) is 78.0 cm³/mol. The zero-order valence-corrected chi connectivity index (χ0v) is 12.8. The second-order valence-electron chi connectivity index (χ2n) is 3.77. The second-order valence-corrected chi connectivity index (χ2v) is 7.70. The molecule has 2 N–H and O–H groups in total. The van der Waals surface area contributed by atoms with E-state index < -0.39 is 10.0 Å². The van der Waals surface area contributed by atoms with Crippen molar-refractivity contribution in [2.24, 2.45) is 0 Å². The van der Waals surface area contributed by atoms with Crippen molar-refractivity contribution in [2.75, 3.05) is 4.72 Å². The lowest BCUT2D eigenvalue weighted by Gasteiger charge is -2.10. The number of hydrogen-bond donors (Lipinski definition) is 2. The topological polar surface area (TPSA) is 66.4 Å². The van der Waals surface area contributed by atoms with Crippen LogP contribution in [0, 0.1) is 6.92 Å². The van der Waals surface area contributed by atoms with Crippen molar-refractivity contribution in [1.29, 1.82) is 0 Å². The molecular weight excluding hydrogens is 329 g/mol. The van der Waals surface area contributed by atoms with Gasteiger partial charge in [-0.25, -0.2) is 8.42 Å². The number of aromatic hydroxyl groups is 1. The standard InChI is InChI=1S/C11H9Cl2NO3S2/c1-6-3-2-4-7(10(6)15)14-19(16,17)8-5-9(12)18-11(8)13/h2-5,14-15H,1H3. The van der Waals surface area contributed by atoms with E-state index in [0.29, 0.717) is 5.56 Å². The minimum absolute atomic E-state index is 0.0737. The quantitative estimate of drug-likeness (QED) is 0.835. The number of phenols is 1. The molecule has 2 rings (SSSR count). The molecule has 0 aliphatic heterocycles. The fourth-order valence-electron chi connectivity index (χ4n) is 1.45. The van der Waals surface area contributed by atoms with Gasteiger partial charge in [0.05, 0.1) is 10.0 Å². The maximum atomic E-state index is 12.1. The molecule has 0 saturated carbocycles. The Balaban J connectivity index is 2.42. The maximum Gasteiger partial charge on any atom is 0.264 e. The smallest absolute Gasteiger partial charge is 0.264 e. The Morgan fingerprint density at radius 2 is 2.00 bits per heavy atom. The summed E-state index contributed by atoms with van der Waals surface area (Å²) in [6.45, 7) is 1.67. The average Bonchev–Trinajstić information content (AvgIpc) is 2.65. The van der Waals surface area contributed by atoms with Gasteiger partial charge in [0.25, 0.3) is 10.0 Å². The van der Waals surface area contributed by atoms with E-state index in [1.807, 2.05) is 0 Å². The highest BCUT2D eigenvalue weighted by molar-refractivity contribution is 7.93. The normalized spacial score (nSPS) is 11.5. The first kappa shape index (κ1) is 14.5. The summed E-state index contributed by atoms with van der Waals surface area (Å²) in [5.41, 5.74) is 0.660. The van der Waals surface area contributed by atoms with E-state index in [0.717, 1.165) is 11.3 Å². The third-order valence-corrected chi connectivity index (χ3v) is 5.52. The van der Waals surface area contributed by atoms with Crippen LogP contribution < -0.4 is 4.72 Å². The van der Waals surface area contributed by atoms with Crippen LogP contribution in [0.4, 0.5) is 5.69 Å². The van der Waals surface area contributed by atoms with Crippen LogP contribution in [-0.4, -0.2) is 13.5 Å². The number of benzene rings is 1. The van der Waals surface area contributed by atoms with Crippen molar-refractivity contribution in [2.45, 2.75) is 11.8 Å². The van der Waals surface area contributed by atoms with E-state index in [2.05, 4.69) is 4.72 Å². The number of hydrogen-bond acceptors (Lipinski definition) is 4. The maximum absolute atomic E-state index is 12.1. The van der Waals surface area contributed by atoms with Crippen LogP contribution in [0.15, 0.2) is 29.2 Å². The molecule has 102 valence electrons. The van der Waals surface area contributed by atoms with Crippen LogP contribution in [0.2, 0.25) is 8.67 Å². The Kier molecular flexibility index (Phi) is 3.96. The lowest BCUT2D eigenvalue weighted by atomic mass is 10.2. The van der Waals surface area contributed by atoms with Crippen molar-refractivity contribution >= 4 is 50.2 Å². The molecule has 0 unspecified atom stereocenters. The van der Waals surface area contributed by atoms with Crippen LogP contribution in [0.3, 0.4) is 0 Å². The largest absolute Gasteiger partial charge is 0.505 e. The number of aryl methyl sites for hydroxylation is 1. The van der Waals surface area contributed by atoms with Gasteiger partial charge in [0.1, 0.15) is 15.0 Å². The molecule has 0 radical (unpaired) electrons. The second kappa shape index (κ2) is 5.20. The SMILES string of the molecule is Cc1cccc(NS(=O)(=O)c2cc(Cl)sc2Cl)c1O. The van der Waals surface area contributed by atoms with Crippen LogP contribution >= 0.6 is 34.5 Å². The van der Waals surface area contributed by atoms with Gasteiger partial charge < -0.3 is 5.11 Å². The molecular formula is C11H9Cl2NO3S2. The molecule has 0 aliphatic rings. The van der Waals surface area contributed by atoms with Crippen LogP contribution in [0.1, 0.15) is 5.56 Å². The van der Waals surface area contributed by atoms with Gasteiger partial charge in [0.2, 0.25) is 0 Å². The van der Waals surface area contributed by atoms with E-state index >= 15 is 0 Å². The molecule has 4 nitrogen and oxygen atoms in total. The third-order valence-electron chi connectivity index (χ3n) is 2.40. The predicted octanol–water partition coefficient (Wildman–Crippen LogP) is 3.87. The van der Waals surface area contributed by atoms with Crippen LogP contribution in [0.25, 0.3) is 0 Å². The van der Waals surface area contributed by atoms with Crippen LogP contribution in [-0.2, 0) is 10.0 Å². The monoisotopic (exact) mass is 337 g/mol. The van der Waals surface area contributed by atoms with Gasteiger partial charge in [-0.05, 0) is 24.6 Å². The van der Waals surface area contributed by atoms with Crippen molar-refractivity contribution in [3.63, 3.8) is 0 Å². The number of halogens is 2. The Bertz CT molecular complexity index is 726. The molecule has 19 heavy (non-hydrogen) atoms. The summed E-state index contributed by atoms with van der Waals surface area (Å²) in [5.74, 6) is -0.122. The van der Waals surface area contributed by atoms with Crippen molar-refractivity contribution in [1.82, 2.24) is 0 Å². The average molecular weight is 338 g/mol. The lowest BCUT2D eigenvalue weighted by Crippen LogP contribution is -2.12. The molecule has 1 aromatic heterocycles. The van der Waals surface area contributed by atoms with E-state index in [1.54, 1.807) is 19.1 Å². The lowest BCUT2D eigenvalue weighted by molar-refractivity contribution is 0.473. The zero-order chi connectivity index (χ0) is 14.2. The molecule has 0 atom stereocenters. The summed E-state index contributed by atoms with van der Waals surface area (Å²) in [6, 6.07) is 6.03. The van der Waals surface area contributed by atoms with E-state index in [9.17, 15) is 13.5 Å². The first-order valence-electron chi connectivity index (χ1n) is 5.07. The van der Waals surface area contributed by atoms with Gasteiger partial charge in [-0.2, -0.15) is 0 Å². The fraction of sp³-hybridized carbons (Fsp3) is 0.0909. The van der Waals surface area contributed by atoms with Gasteiger partial charge in [0.15, 0.2) is 0 Å². The van der Waals surface area contributed by atoms with E-state index in [1.165, 1.54) is 12.1 Å². The third kappa shape index (κ3) is 2.97. The minimum atomic E-state index is -3.88. The van der Waals surface area contributed by atoms with E-state index in [-0.39, 0.29) is 25.0 Å². The Labute approximate surface area is 124 Å². The Morgan fingerprint density at radius 3 is 2.58 bits per heavy atom. The fourth-order valence-corrected chi connectivity index (χ4v) is 4.67. The Hall–Kier alpha value is -0.950. The number of sulfonamides is 1.